The number of nitrogen functional groups attached to an aromatic ring is 1. The predicted molar refractivity (Wildman–Crippen MR) is 85.9 cm³/mol. The van der Waals surface area contributed by atoms with E-state index in [2.05, 4.69) is 39.6 Å². The molecule has 0 radical (unpaired) electrons. The first kappa shape index (κ1) is 15.5. The van der Waals surface area contributed by atoms with Gasteiger partial charge in [0.2, 0.25) is 0 Å². The summed E-state index contributed by atoms with van der Waals surface area (Å²) in [6.07, 6.45) is 0. The quantitative estimate of drug-likeness (QED) is 0.887. The average Bonchev–Trinajstić information content (AvgIpc) is 2.70. The van der Waals surface area contributed by atoms with Crippen LogP contribution >= 0.6 is 0 Å². The third-order valence-corrected chi connectivity index (χ3v) is 3.50. The van der Waals surface area contributed by atoms with Gasteiger partial charge in [0.05, 0.1) is 0 Å². The number of anilines is 1. The van der Waals surface area contributed by atoms with Crippen LogP contribution in [0.25, 0.3) is 11.3 Å². The van der Waals surface area contributed by atoms with E-state index in [1.807, 2.05) is 11.5 Å². The van der Waals surface area contributed by atoms with E-state index in [1.54, 1.807) is 12.1 Å². The molecule has 0 aliphatic heterocycles. The lowest BCUT2D eigenvalue weighted by molar-refractivity contribution is 0.382. The minimum absolute atomic E-state index is 0.199. The van der Waals surface area contributed by atoms with Crippen LogP contribution in [0.4, 0.5) is 10.2 Å². The van der Waals surface area contributed by atoms with Gasteiger partial charge in [-0.15, -0.1) is 0 Å². The second-order valence-electron chi connectivity index (χ2n) is 6.85. The van der Waals surface area contributed by atoms with Crippen molar-refractivity contribution in [1.82, 2.24) is 9.55 Å². The van der Waals surface area contributed by atoms with Crippen LogP contribution < -0.4 is 5.73 Å². The molecule has 0 bridgehead atoms. The van der Waals surface area contributed by atoms with Crippen molar-refractivity contribution in [3.05, 3.63) is 35.4 Å². The first-order valence-corrected chi connectivity index (χ1v) is 7.28. The molecule has 1 heterocycles. The molecule has 1 aromatic carbocycles. The first-order chi connectivity index (χ1) is 9.62. The van der Waals surface area contributed by atoms with Crippen LogP contribution in [0.15, 0.2) is 18.2 Å². The van der Waals surface area contributed by atoms with Crippen LogP contribution in [-0.4, -0.2) is 9.55 Å². The molecule has 2 rings (SSSR count). The van der Waals surface area contributed by atoms with E-state index in [-0.39, 0.29) is 17.3 Å². The number of benzene rings is 1. The third kappa shape index (κ3) is 2.80. The van der Waals surface area contributed by atoms with Crippen molar-refractivity contribution < 1.29 is 4.39 Å². The maximum atomic E-state index is 14.2. The molecule has 0 atom stereocenters. The van der Waals surface area contributed by atoms with Crippen LogP contribution in [0.2, 0.25) is 0 Å². The highest BCUT2D eigenvalue weighted by Gasteiger charge is 2.26. The van der Waals surface area contributed by atoms with Crippen molar-refractivity contribution in [3.8, 4) is 11.3 Å². The second-order valence-corrected chi connectivity index (χ2v) is 6.85. The summed E-state index contributed by atoms with van der Waals surface area (Å²) in [7, 11) is 0. The molecule has 4 heteroatoms. The first-order valence-electron chi connectivity index (χ1n) is 7.28. The lowest BCUT2D eigenvalue weighted by Gasteiger charge is -2.26. The highest BCUT2D eigenvalue weighted by Crippen LogP contribution is 2.35. The highest BCUT2D eigenvalue weighted by atomic mass is 19.1. The number of nitrogens with two attached hydrogens (primary N) is 1. The summed E-state index contributed by atoms with van der Waals surface area (Å²) in [5, 5.41) is 0. The molecule has 0 aliphatic carbocycles. The van der Waals surface area contributed by atoms with Crippen molar-refractivity contribution in [3.63, 3.8) is 0 Å². The summed E-state index contributed by atoms with van der Waals surface area (Å²) in [4.78, 5) is 4.65. The number of imidazole rings is 1. The molecule has 2 aromatic rings. The minimum Gasteiger partial charge on any atom is -0.383 e. The minimum atomic E-state index is -0.291. The van der Waals surface area contributed by atoms with E-state index in [1.165, 1.54) is 6.07 Å². The standard InChI is InChI=1S/C17H24FN3/c1-10(2)16-20-14(15(19)21(16)17(4,5)6)12-9-11(3)7-8-13(12)18/h7-10H,19H2,1-6H3. The summed E-state index contributed by atoms with van der Waals surface area (Å²) in [5.74, 6) is 1.33. The van der Waals surface area contributed by atoms with Gasteiger partial charge in [0.1, 0.15) is 23.2 Å². The molecule has 2 N–H and O–H groups in total. The van der Waals surface area contributed by atoms with Gasteiger partial charge in [-0.3, -0.25) is 0 Å². The zero-order valence-corrected chi connectivity index (χ0v) is 13.7. The molecule has 21 heavy (non-hydrogen) atoms. The SMILES string of the molecule is Cc1ccc(F)c(-c2nc(C(C)C)n(C(C)(C)C)c2N)c1. The Hall–Kier alpha value is -1.84. The summed E-state index contributed by atoms with van der Waals surface area (Å²) in [6.45, 7) is 12.3. The van der Waals surface area contributed by atoms with Crippen molar-refractivity contribution in [2.75, 3.05) is 5.73 Å². The molecular weight excluding hydrogens is 265 g/mol. The Balaban J connectivity index is 2.74. The Kier molecular flexibility index (Phi) is 3.83. The zero-order valence-electron chi connectivity index (χ0n) is 13.7. The smallest absolute Gasteiger partial charge is 0.132 e. The number of nitrogens with zero attached hydrogens (tertiary/aromatic N) is 2. The number of aromatic nitrogens is 2. The number of hydrogen-bond donors (Lipinski definition) is 1. The van der Waals surface area contributed by atoms with Gasteiger partial charge in [0.15, 0.2) is 0 Å². The number of rotatable bonds is 2. The zero-order chi connectivity index (χ0) is 15.9. The van der Waals surface area contributed by atoms with Gasteiger partial charge < -0.3 is 10.3 Å². The Morgan fingerprint density at radius 1 is 1.24 bits per heavy atom. The number of aryl methyl sites for hydroxylation is 1. The molecule has 0 spiro atoms. The number of halogens is 1. The van der Waals surface area contributed by atoms with Crippen molar-refractivity contribution >= 4 is 5.82 Å². The van der Waals surface area contributed by atoms with Crippen LogP contribution in [-0.2, 0) is 5.54 Å². The van der Waals surface area contributed by atoms with Gasteiger partial charge >= 0.3 is 0 Å². The topological polar surface area (TPSA) is 43.8 Å². The van der Waals surface area contributed by atoms with Gasteiger partial charge in [-0.1, -0.05) is 25.5 Å². The van der Waals surface area contributed by atoms with Gasteiger partial charge in [0, 0.05) is 17.0 Å². The van der Waals surface area contributed by atoms with E-state index >= 15 is 0 Å². The third-order valence-electron chi connectivity index (χ3n) is 3.50. The maximum absolute atomic E-state index is 14.2. The van der Waals surface area contributed by atoms with Crippen molar-refractivity contribution in [2.24, 2.45) is 0 Å². The summed E-state index contributed by atoms with van der Waals surface area (Å²) < 4.78 is 16.2. The maximum Gasteiger partial charge on any atom is 0.132 e. The molecule has 3 nitrogen and oxygen atoms in total. The fourth-order valence-corrected chi connectivity index (χ4v) is 2.56. The number of hydrogen-bond acceptors (Lipinski definition) is 2. The fourth-order valence-electron chi connectivity index (χ4n) is 2.56. The van der Waals surface area contributed by atoms with E-state index in [0.717, 1.165) is 11.4 Å². The van der Waals surface area contributed by atoms with Crippen LogP contribution in [0, 0.1) is 12.7 Å². The largest absolute Gasteiger partial charge is 0.383 e. The lowest BCUT2D eigenvalue weighted by Crippen LogP contribution is -2.26. The van der Waals surface area contributed by atoms with Gasteiger partial charge in [-0.25, -0.2) is 9.37 Å². The highest BCUT2D eigenvalue weighted by molar-refractivity contribution is 5.72. The van der Waals surface area contributed by atoms with Crippen molar-refractivity contribution in [2.45, 2.75) is 53.0 Å². The average molecular weight is 289 g/mol. The van der Waals surface area contributed by atoms with E-state index < -0.39 is 0 Å². The molecule has 1 aromatic heterocycles. The Morgan fingerprint density at radius 3 is 2.33 bits per heavy atom. The Labute approximate surface area is 126 Å². The van der Waals surface area contributed by atoms with E-state index in [9.17, 15) is 4.39 Å². The molecule has 0 aliphatic rings. The molecule has 0 saturated carbocycles. The van der Waals surface area contributed by atoms with Crippen LogP contribution in [0.5, 0.6) is 0 Å². The summed E-state index contributed by atoms with van der Waals surface area (Å²) in [6, 6.07) is 5.01. The van der Waals surface area contributed by atoms with Crippen LogP contribution in [0.1, 0.15) is 51.9 Å². The van der Waals surface area contributed by atoms with Crippen molar-refractivity contribution in [1.29, 1.82) is 0 Å². The molecule has 0 saturated heterocycles. The Bertz CT molecular complexity index is 663. The molecule has 114 valence electrons. The second kappa shape index (κ2) is 5.17. The molecular formula is C17H24FN3. The molecule has 0 amide bonds. The van der Waals surface area contributed by atoms with E-state index in [0.29, 0.717) is 17.1 Å². The monoisotopic (exact) mass is 289 g/mol. The van der Waals surface area contributed by atoms with Crippen LogP contribution in [0.3, 0.4) is 0 Å². The van der Waals surface area contributed by atoms with Gasteiger partial charge in [-0.2, -0.15) is 0 Å². The van der Waals surface area contributed by atoms with Gasteiger partial charge in [-0.05, 0) is 39.8 Å². The van der Waals surface area contributed by atoms with Gasteiger partial charge in [0.25, 0.3) is 0 Å². The fraction of sp³-hybridized carbons (Fsp3) is 0.471. The lowest BCUT2D eigenvalue weighted by atomic mass is 10.1. The predicted octanol–water partition coefficient (Wildman–Crippen LogP) is 4.46. The Morgan fingerprint density at radius 2 is 1.86 bits per heavy atom. The van der Waals surface area contributed by atoms with E-state index in [4.69, 9.17) is 5.73 Å². The molecule has 0 fully saturated rings. The summed E-state index contributed by atoms with van der Waals surface area (Å²) >= 11 is 0. The molecule has 0 unspecified atom stereocenters. The normalized spacial score (nSPS) is 12.2. The summed E-state index contributed by atoms with van der Waals surface area (Å²) in [5.41, 5.74) is 8.11.